The number of anilines is 4. The van der Waals surface area contributed by atoms with Crippen LogP contribution in [0.3, 0.4) is 0 Å². The second-order valence-corrected chi connectivity index (χ2v) is 6.00. The van der Waals surface area contributed by atoms with E-state index in [2.05, 4.69) is 78.2 Å². The van der Waals surface area contributed by atoms with E-state index in [9.17, 15) is 0 Å². The number of para-hydroxylation sites is 1. The Bertz CT molecular complexity index is 748. The van der Waals surface area contributed by atoms with Crippen LogP contribution in [0, 0.1) is 0 Å². The topological polar surface area (TPSA) is 24.1 Å². The summed E-state index contributed by atoms with van der Waals surface area (Å²) in [6, 6.07) is 27.3. The van der Waals surface area contributed by atoms with Crippen molar-refractivity contribution in [3.8, 4) is 0 Å². The first-order valence-electron chi connectivity index (χ1n) is 8.61. The van der Waals surface area contributed by atoms with Crippen LogP contribution in [0.4, 0.5) is 22.7 Å². The van der Waals surface area contributed by atoms with E-state index in [0.717, 1.165) is 29.2 Å². The molecule has 0 aliphatic carbocycles. The van der Waals surface area contributed by atoms with Gasteiger partial charge in [0.25, 0.3) is 0 Å². The number of rotatable bonds is 7. The molecule has 0 atom stereocenters. The van der Waals surface area contributed by atoms with Crippen LogP contribution in [-0.2, 0) is 6.42 Å². The Morgan fingerprint density at radius 1 is 0.625 bits per heavy atom. The number of aryl methyl sites for hydroxylation is 1. The molecule has 3 aromatic rings. The largest absolute Gasteiger partial charge is 0.355 e. The Labute approximate surface area is 144 Å². The highest BCUT2D eigenvalue weighted by molar-refractivity contribution is 5.68. The van der Waals surface area contributed by atoms with Crippen LogP contribution >= 0.6 is 0 Å². The molecule has 2 nitrogen and oxygen atoms in total. The fraction of sp³-hybridized carbons (Fsp3) is 0.182. The van der Waals surface area contributed by atoms with Crippen LogP contribution in [0.2, 0.25) is 0 Å². The van der Waals surface area contributed by atoms with E-state index in [1.807, 2.05) is 18.2 Å². The van der Waals surface area contributed by atoms with Crippen LogP contribution < -0.4 is 10.6 Å². The van der Waals surface area contributed by atoms with E-state index >= 15 is 0 Å². The highest BCUT2D eigenvalue weighted by Crippen LogP contribution is 2.23. The van der Waals surface area contributed by atoms with Gasteiger partial charge in [-0.15, -0.1) is 0 Å². The highest BCUT2D eigenvalue weighted by Gasteiger charge is 1.99. The van der Waals surface area contributed by atoms with Gasteiger partial charge in [-0.25, -0.2) is 0 Å². The van der Waals surface area contributed by atoms with Crippen molar-refractivity contribution >= 4 is 22.7 Å². The lowest BCUT2D eigenvalue weighted by Crippen LogP contribution is -1.94. The lowest BCUT2D eigenvalue weighted by Gasteiger charge is -2.11. The minimum atomic E-state index is 1.07. The summed E-state index contributed by atoms with van der Waals surface area (Å²) in [6.07, 6.45) is 3.65. The quantitative estimate of drug-likeness (QED) is 0.518. The number of hydrogen-bond acceptors (Lipinski definition) is 2. The van der Waals surface area contributed by atoms with Gasteiger partial charge in [-0.3, -0.25) is 0 Å². The number of nitrogens with one attached hydrogen (secondary N) is 2. The van der Waals surface area contributed by atoms with Crippen LogP contribution in [0.15, 0.2) is 78.9 Å². The molecule has 24 heavy (non-hydrogen) atoms. The zero-order chi connectivity index (χ0) is 16.6. The SMILES string of the molecule is CCCCc1ccc(Nc2cccc(Nc3ccccc3)c2)cc1. The average Bonchev–Trinajstić information content (AvgIpc) is 2.62. The molecule has 0 aliphatic rings. The van der Waals surface area contributed by atoms with Gasteiger partial charge in [0.15, 0.2) is 0 Å². The summed E-state index contributed by atoms with van der Waals surface area (Å²) in [5.41, 5.74) is 5.77. The van der Waals surface area contributed by atoms with Crippen molar-refractivity contribution < 1.29 is 0 Å². The molecule has 122 valence electrons. The maximum absolute atomic E-state index is 3.47. The van der Waals surface area contributed by atoms with E-state index in [1.54, 1.807) is 0 Å². The third kappa shape index (κ3) is 4.63. The van der Waals surface area contributed by atoms with E-state index in [0.29, 0.717) is 0 Å². The summed E-state index contributed by atoms with van der Waals surface area (Å²) in [5, 5.41) is 6.90. The second-order valence-electron chi connectivity index (χ2n) is 6.00. The van der Waals surface area contributed by atoms with Crippen molar-refractivity contribution in [3.05, 3.63) is 84.4 Å². The molecule has 2 heteroatoms. The van der Waals surface area contributed by atoms with Gasteiger partial charge in [0.05, 0.1) is 0 Å². The summed E-state index contributed by atoms with van der Waals surface area (Å²) >= 11 is 0. The molecule has 0 unspecified atom stereocenters. The van der Waals surface area contributed by atoms with Crippen molar-refractivity contribution in [2.45, 2.75) is 26.2 Å². The fourth-order valence-electron chi connectivity index (χ4n) is 2.67. The lowest BCUT2D eigenvalue weighted by atomic mass is 10.1. The first-order valence-corrected chi connectivity index (χ1v) is 8.61. The van der Waals surface area contributed by atoms with Gasteiger partial charge in [0.1, 0.15) is 0 Å². The van der Waals surface area contributed by atoms with E-state index in [4.69, 9.17) is 0 Å². The molecule has 0 amide bonds. The van der Waals surface area contributed by atoms with Crippen molar-refractivity contribution in [2.75, 3.05) is 10.6 Å². The summed E-state index contributed by atoms with van der Waals surface area (Å²) in [6.45, 7) is 2.23. The standard InChI is InChI=1S/C22H24N2/c1-2-3-8-18-13-15-20(16-14-18)24-22-12-7-11-21(17-22)23-19-9-5-4-6-10-19/h4-7,9-17,23-24H,2-3,8H2,1H3. The second kappa shape index (κ2) is 8.21. The van der Waals surface area contributed by atoms with Crippen molar-refractivity contribution in [3.63, 3.8) is 0 Å². The van der Waals surface area contributed by atoms with E-state index in [1.165, 1.54) is 18.4 Å². The number of hydrogen-bond donors (Lipinski definition) is 2. The third-order valence-corrected chi connectivity index (χ3v) is 3.99. The normalized spacial score (nSPS) is 10.4. The molecular weight excluding hydrogens is 292 g/mol. The molecule has 0 radical (unpaired) electrons. The molecule has 3 aromatic carbocycles. The predicted molar refractivity (Wildman–Crippen MR) is 105 cm³/mol. The third-order valence-electron chi connectivity index (χ3n) is 3.99. The molecule has 0 saturated carbocycles. The smallest absolute Gasteiger partial charge is 0.0405 e. The Hall–Kier alpha value is -2.74. The Balaban J connectivity index is 1.66. The van der Waals surface area contributed by atoms with Crippen molar-refractivity contribution in [2.24, 2.45) is 0 Å². The monoisotopic (exact) mass is 316 g/mol. The Morgan fingerprint density at radius 3 is 1.83 bits per heavy atom. The zero-order valence-electron chi connectivity index (χ0n) is 14.1. The highest BCUT2D eigenvalue weighted by atomic mass is 14.9. The maximum Gasteiger partial charge on any atom is 0.0405 e. The lowest BCUT2D eigenvalue weighted by molar-refractivity contribution is 0.795. The number of unbranched alkanes of at least 4 members (excludes halogenated alkanes) is 1. The Kier molecular flexibility index (Phi) is 5.52. The van der Waals surface area contributed by atoms with Gasteiger partial charge in [0, 0.05) is 22.7 Å². The maximum atomic E-state index is 3.47. The van der Waals surface area contributed by atoms with Gasteiger partial charge >= 0.3 is 0 Å². The van der Waals surface area contributed by atoms with E-state index in [-0.39, 0.29) is 0 Å². The van der Waals surface area contributed by atoms with Gasteiger partial charge in [0.2, 0.25) is 0 Å². The zero-order valence-corrected chi connectivity index (χ0v) is 14.1. The summed E-state index contributed by atoms with van der Waals surface area (Å²) in [7, 11) is 0. The van der Waals surface area contributed by atoms with Gasteiger partial charge in [-0.2, -0.15) is 0 Å². The van der Waals surface area contributed by atoms with Gasteiger partial charge in [-0.05, 0) is 60.9 Å². The van der Waals surface area contributed by atoms with Crippen LogP contribution in [0.1, 0.15) is 25.3 Å². The molecule has 0 aliphatic heterocycles. The average molecular weight is 316 g/mol. The first-order chi connectivity index (χ1) is 11.8. The molecule has 3 rings (SSSR count). The molecule has 0 bridgehead atoms. The van der Waals surface area contributed by atoms with Crippen LogP contribution in [0.25, 0.3) is 0 Å². The fourth-order valence-corrected chi connectivity index (χ4v) is 2.67. The van der Waals surface area contributed by atoms with Gasteiger partial charge < -0.3 is 10.6 Å². The van der Waals surface area contributed by atoms with Crippen LogP contribution in [0.5, 0.6) is 0 Å². The van der Waals surface area contributed by atoms with Crippen molar-refractivity contribution in [1.82, 2.24) is 0 Å². The molecule has 0 aromatic heterocycles. The van der Waals surface area contributed by atoms with Crippen molar-refractivity contribution in [1.29, 1.82) is 0 Å². The molecule has 0 saturated heterocycles. The number of benzene rings is 3. The minimum Gasteiger partial charge on any atom is -0.355 e. The summed E-state index contributed by atoms with van der Waals surface area (Å²) in [5.74, 6) is 0. The molecule has 2 N–H and O–H groups in total. The molecular formula is C22H24N2. The van der Waals surface area contributed by atoms with Crippen LogP contribution in [-0.4, -0.2) is 0 Å². The van der Waals surface area contributed by atoms with Gasteiger partial charge in [-0.1, -0.05) is 49.7 Å². The summed E-state index contributed by atoms with van der Waals surface area (Å²) < 4.78 is 0. The minimum absolute atomic E-state index is 1.07. The first kappa shape index (κ1) is 16.1. The predicted octanol–water partition coefficient (Wildman–Crippen LogP) is 6.52. The summed E-state index contributed by atoms with van der Waals surface area (Å²) in [4.78, 5) is 0. The molecule has 0 spiro atoms. The van der Waals surface area contributed by atoms with E-state index < -0.39 is 0 Å². The Morgan fingerprint density at radius 2 is 1.21 bits per heavy atom. The molecule has 0 fully saturated rings. The molecule has 0 heterocycles.